The second-order valence-electron chi connectivity index (χ2n) is 8.08. The number of halogens is 2. The van der Waals surface area contributed by atoms with Gasteiger partial charge in [0.05, 0.1) is 0 Å². The first-order valence-corrected chi connectivity index (χ1v) is 12.9. The van der Waals surface area contributed by atoms with Crippen LogP contribution >= 0.6 is 35.0 Å². The number of hydrogen-bond donors (Lipinski definition) is 1. The van der Waals surface area contributed by atoms with Crippen LogP contribution in [0.2, 0.25) is 10.0 Å². The van der Waals surface area contributed by atoms with Crippen molar-refractivity contribution in [3.05, 3.63) is 74.9 Å². The molecule has 0 bridgehead atoms. The Morgan fingerprint density at radius 3 is 2.79 bits per heavy atom. The van der Waals surface area contributed by atoms with Crippen LogP contribution in [0.1, 0.15) is 50.8 Å². The summed E-state index contributed by atoms with van der Waals surface area (Å²) in [6.45, 7) is 5.93. The minimum absolute atomic E-state index is 0.0180. The molecule has 34 heavy (non-hydrogen) atoms. The highest BCUT2D eigenvalue weighted by Gasteiger charge is 2.32. The molecule has 1 unspecified atom stereocenters. The van der Waals surface area contributed by atoms with Crippen LogP contribution in [-0.2, 0) is 11.4 Å². The van der Waals surface area contributed by atoms with Crippen LogP contribution in [0.3, 0.4) is 0 Å². The molecule has 0 radical (unpaired) electrons. The summed E-state index contributed by atoms with van der Waals surface area (Å²) in [4.78, 5) is 17.3. The largest absolute Gasteiger partial charge is 0.489 e. The van der Waals surface area contributed by atoms with Crippen molar-refractivity contribution < 1.29 is 9.53 Å². The van der Waals surface area contributed by atoms with E-state index in [1.807, 2.05) is 37.3 Å². The number of ether oxygens (including phenoxy) is 1. The molecule has 3 aromatic rings. The molecule has 4 rings (SSSR count). The van der Waals surface area contributed by atoms with Gasteiger partial charge < -0.3 is 10.1 Å². The first-order valence-electron chi connectivity index (χ1n) is 11.1. The van der Waals surface area contributed by atoms with Crippen molar-refractivity contribution in [2.75, 3.05) is 11.1 Å². The lowest BCUT2D eigenvalue weighted by atomic mass is 9.93. The van der Waals surface area contributed by atoms with Gasteiger partial charge in [-0.3, -0.25) is 4.79 Å². The third-order valence-electron chi connectivity index (χ3n) is 5.52. The number of thioether (sulfide) groups is 1. The average Bonchev–Trinajstić information content (AvgIpc) is 3.20. The molecule has 2 aromatic carbocycles. The predicted octanol–water partition coefficient (Wildman–Crippen LogP) is 6.93. The molecule has 0 saturated carbocycles. The second-order valence-corrected chi connectivity index (χ2v) is 9.99. The van der Waals surface area contributed by atoms with Crippen LogP contribution in [0.5, 0.6) is 5.75 Å². The van der Waals surface area contributed by atoms with E-state index in [1.54, 1.807) is 35.5 Å². The summed E-state index contributed by atoms with van der Waals surface area (Å²) in [6.07, 6.45) is 2.21. The van der Waals surface area contributed by atoms with Crippen LogP contribution in [0.15, 0.2) is 58.9 Å². The number of unbranched alkanes of at least 4 members (excludes halogenated alkanes) is 1. The van der Waals surface area contributed by atoms with Crippen molar-refractivity contribution in [3.63, 3.8) is 0 Å². The van der Waals surface area contributed by atoms with Gasteiger partial charge in [0.1, 0.15) is 18.4 Å². The molecule has 1 aliphatic rings. The maximum atomic E-state index is 12.7. The lowest BCUT2D eigenvalue weighted by molar-refractivity contribution is -0.114. The number of aromatic nitrogens is 3. The number of benzene rings is 2. The summed E-state index contributed by atoms with van der Waals surface area (Å²) in [5.41, 5.74) is 3.16. The summed E-state index contributed by atoms with van der Waals surface area (Å²) in [6, 6.07) is 12.6. The Bertz CT molecular complexity index is 1240. The molecular weight excluding hydrogens is 491 g/mol. The molecule has 2 heterocycles. The zero-order valence-electron chi connectivity index (χ0n) is 19.3. The predicted molar refractivity (Wildman–Crippen MR) is 138 cm³/mol. The van der Waals surface area contributed by atoms with Gasteiger partial charge >= 0.3 is 0 Å². The maximum Gasteiger partial charge on any atom is 0.227 e. The molecule has 9 heteroatoms. The van der Waals surface area contributed by atoms with Crippen LogP contribution in [0.25, 0.3) is 0 Å². The van der Waals surface area contributed by atoms with Crippen LogP contribution < -0.4 is 10.1 Å². The monoisotopic (exact) mass is 516 g/mol. The number of carbonyl (C=O) groups excluding carboxylic acids is 1. The number of rotatable bonds is 9. The Morgan fingerprint density at radius 2 is 2.06 bits per heavy atom. The highest BCUT2D eigenvalue weighted by atomic mass is 35.5. The molecule has 0 amide bonds. The number of allylic oxidation sites excluding steroid dienone is 2. The summed E-state index contributed by atoms with van der Waals surface area (Å²) in [7, 11) is 0. The molecule has 1 N–H and O–H groups in total. The van der Waals surface area contributed by atoms with E-state index in [0.29, 0.717) is 39.1 Å². The molecule has 6 nitrogen and oxygen atoms in total. The number of ketones is 1. The minimum atomic E-state index is -0.399. The van der Waals surface area contributed by atoms with E-state index in [9.17, 15) is 4.79 Å². The van der Waals surface area contributed by atoms with Crippen molar-refractivity contribution in [3.8, 4) is 5.75 Å². The van der Waals surface area contributed by atoms with Gasteiger partial charge in [0.15, 0.2) is 5.78 Å². The summed E-state index contributed by atoms with van der Waals surface area (Å²) >= 11 is 13.9. The Kier molecular flexibility index (Phi) is 7.86. The lowest BCUT2D eigenvalue weighted by Crippen LogP contribution is -2.27. The van der Waals surface area contributed by atoms with Crippen molar-refractivity contribution in [2.45, 2.75) is 51.4 Å². The van der Waals surface area contributed by atoms with Crippen molar-refractivity contribution in [2.24, 2.45) is 0 Å². The molecule has 0 spiro atoms. The molecule has 1 atom stereocenters. The standard InChI is InChI=1S/C25H26Cl2N4O2S/c1-4-5-11-34-25-29-24-28-15(2)22(16(3)32)23(31(24)30-25)17-7-6-8-20(12-17)33-14-18-9-10-19(26)13-21(18)27/h6-10,12-13,23H,4-5,11,14H2,1-3H3,(H,28,29,30). The van der Waals surface area contributed by atoms with E-state index in [1.165, 1.54) is 0 Å². The Labute approximate surface area is 213 Å². The SMILES string of the molecule is CCCCSc1nc2n(n1)C(c1cccc(OCc3ccc(Cl)cc3Cl)c1)C(C(C)=O)=C(C)N2. The summed E-state index contributed by atoms with van der Waals surface area (Å²) in [5.74, 6) is 2.23. The van der Waals surface area contributed by atoms with Gasteiger partial charge in [-0.25, -0.2) is 4.68 Å². The number of fused-ring (bicyclic) bond motifs is 1. The second kappa shape index (κ2) is 10.8. The number of nitrogens with one attached hydrogen (secondary N) is 1. The van der Waals surface area contributed by atoms with Gasteiger partial charge in [0, 0.05) is 32.6 Å². The Morgan fingerprint density at radius 1 is 1.24 bits per heavy atom. The number of carbonyl (C=O) groups is 1. The molecule has 0 fully saturated rings. The van der Waals surface area contributed by atoms with Gasteiger partial charge in [-0.2, -0.15) is 4.98 Å². The van der Waals surface area contributed by atoms with E-state index in [0.717, 1.165) is 35.4 Å². The number of Topliss-reactive ketones (excluding diaryl/α,β-unsaturated/α-hetero) is 1. The Hall–Kier alpha value is -2.48. The fourth-order valence-corrected chi connectivity index (χ4v) is 5.21. The number of anilines is 1. The highest BCUT2D eigenvalue weighted by molar-refractivity contribution is 7.99. The van der Waals surface area contributed by atoms with Crippen LogP contribution in [0.4, 0.5) is 5.95 Å². The molecule has 1 aromatic heterocycles. The van der Waals surface area contributed by atoms with E-state index in [2.05, 4.69) is 17.2 Å². The minimum Gasteiger partial charge on any atom is -0.489 e. The number of hydrogen-bond acceptors (Lipinski definition) is 6. The topological polar surface area (TPSA) is 69.0 Å². The van der Waals surface area contributed by atoms with Crippen molar-refractivity contribution in [1.29, 1.82) is 0 Å². The average molecular weight is 517 g/mol. The van der Waals surface area contributed by atoms with Gasteiger partial charge in [0.25, 0.3) is 0 Å². The smallest absolute Gasteiger partial charge is 0.227 e. The summed E-state index contributed by atoms with van der Waals surface area (Å²) in [5, 5.41) is 9.82. The molecule has 0 saturated heterocycles. The van der Waals surface area contributed by atoms with Gasteiger partial charge in [-0.1, -0.05) is 66.5 Å². The fourth-order valence-electron chi connectivity index (χ4n) is 3.84. The quantitative estimate of drug-likeness (QED) is 0.245. The molecule has 178 valence electrons. The van der Waals surface area contributed by atoms with Gasteiger partial charge in [-0.15, -0.1) is 5.10 Å². The van der Waals surface area contributed by atoms with E-state index in [-0.39, 0.29) is 5.78 Å². The van der Waals surface area contributed by atoms with E-state index >= 15 is 0 Å². The van der Waals surface area contributed by atoms with E-state index in [4.69, 9.17) is 33.0 Å². The molecule has 1 aliphatic heterocycles. The molecular formula is C25H26Cl2N4O2S. The van der Waals surface area contributed by atoms with Crippen LogP contribution in [-0.4, -0.2) is 26.3 Å². The summed E-state index contributed by atoms with van der Waals surface area (Å²) < 4.78 is 7.83. The van der Waals surface area contributed by atoms with Crippen molar-refractivity contribution >= 4 is 46.7 Å². The van der Waals surface area contributed by atoms with E-state index < -0.39 is 6.04 Å². The van der Waals surface area contributed by atoms with Gasteiger partial charge in [0.2, 0.25) is 11.1 Å². The Balaban J connectivity index is 1.64. The zero-order chi connectivity index (χ0) is 24.2. The molecule has 0 aliphatic carbocycles. The van der Waals surface area contributed by atoms with Crippen molar-refractivity contribution in [1.82, 2.24) is 14.8 Å². The normalized spacial score (nSPS) is 15.1. The van der Waals surface area contributed by atoms with Gasteiger partial charge in [-0.05, 0) is 50.1 Å². The third-order valence-corrected chi connectivity index (χ3v) is 7.04. The fraction of sp³-hybridized carbons (Fsp3) is 0.320. The highest BCUT2D eigenvalue weighted by Crippen LogP contribution is 2.37. The van der Waals surface area contributed by atoms with Crippen LogP contribution in [0, 0.1) is 0 Å². The first kappa shape index (κ1) is 24.6. The lowest BCUT2D eigenvalue weighted by Gasteiger charge is -2.28. The zero-order valence-corrected chi connectivity index (χ0v) is 21.6. The third kappa shape index (κ3) is 5.43. The number of nitrogens with zero attached hydrogens (tertiary/aromatic N) is 3. The first-order chi connectivity index (χ1) is 16.4. The maximum absolute atomic E-state index is 12.7.